The highest BCUT2D eigenvalue weighted by molar-refractivity contribution is 7.89. The molecule has 3 aromatic heterocycles. The molecule has 218 valence electrons. The number of carbonyl (C=O) groups excluding carboxylic acids is 2. The predicted molar refractivity (Wildman–Crippen MR) is 155 cm³/mol. The quantitative estimate of drug-likeness (QED) is 0.280. The summed E-state index contributed by atoms with van der Waals surface area (Å²) in [7, 11) is -0.591. The van der Waals surface area contributed by atoms with E-state index in [1.807, 2.05) is 13.8 Å². The molecule has 2 amide bonds. The van der Waals surface area contributed by atoms with Crippen LogP contribution >= 0.6 is 11.6 Å². The molecule has 0 atom stereocenters. The average Bonchev–Trinajstić information content (AvgIpc) is 3.52. The molecule has 13 nitrogen and oxygen atoms in total. The van der Waals surface area contributed by atoms with E-state index >= 15 is 0 Å². The van der Waals surface area contributed by atoms with Gasteiger partial charge in [0.2, 0.25) is 15.9 Å². The van der Waals surface area contributed by atoms with Crippen LogP contribution in [0.4, 0.5) is 5.69 Å². The number of halogens is 1. The fourth-order valence-corrected chi connectivity index (χ4v) is 5.09. The Hall–Kier alpha value is -4.01. The molecule has 41 heavy (non-hydrogen) atoms. The molecule has 4 aromatic rings. The maximum atomic E-state index is 13.7. The predicted octanol–water partition coefficient (Wildman–Crippen LogP) is 3.22. The third-order valence-corrected chi connectivity index (χ3v) is 8.27. The summed E-state index contributed by atoms with van der Waals surface area (Å²) in [4.78, 5) is 31.4. The second kappa shape index (κ2) is 11.8. The van der Waals surface area contributed by atoms with Crippen molar-refractivity contribution in [3.8, 4) is 11.7 Å². The summed E-state index contributed by atoms with van der Waals surface area (Å²) in [5, 5.41) is 15.4. The summed E-state index contributed by atoms with van der Waals surface area (Å²) < 4.78 is 33.7. The van der Waals surface area contributed by atoms with Gasteiger partial charge >= 0.3 is 0 Å². The first-order valence-corrected chi connectivity index (χ1v) is 14.7. The number of rotatable bonds is 10. The number of nitrogens with one attached hydrogen (secondary N) is 2. The topological polar surface area (TPSA) is 153 Å². The van der Waals surface area contributed by atoms with Crippen molar-refractivity contribution in [3.63, 3.8) is 0 Å². The van der Waals surface area contributed by atoms with Gasteiger partial charge in [0, 0.05) is 36.9 Å². The zero-order valence-electron chi connectivity index (χ0n) is 23.5. The number of benzene rings is 1. The number of amides is 2. The fraction of sp³-hybridized carbons (Fsp3) is 0.346. The average molecular weight is 603 g/mol. The van der Waals surface area contributed by atoms with Crippen molar-refractivity contribution in [2.75, 3.05) is 25.2 Å². The first-order chi connectivity index (χ1) is 19.4. The second-order valence-corrected chi connectivity index (χ2v) is 12.3. The molecule has 0 fully saturated rings. The fourth-order valence-electron chi connectivity index (χ4n) is 4.15. The summed E-state index contributed by atoms with van der Waals surface area (Å²) in [6.45, 7) is 6.88. The molecular formula is C26H31ClN8O5S. The van der Waals surface area contributed by atoms with Crippen LogP contribution in [0.5, 0.6) is 5.88 Å². The molecule has 3 heterocycles. The number of ether oxygens (including phenoxy) is 1. The van der Waals surface area contributed by atoms with Gasteiger partial charge in [0.25, 0.3) is 11.8 Å². The molecule has 0 aliphatic carbocycles. The SMILES string of the molecule is CCS(=O)(=O)N(C)Cn1cc2cc(C)c(NC(=O)c3cc(OC)nn3-c3ncccc3Cl)c(C(=O)NC(C)C)c2n1. The maximum absolute atomic E-state index is 13.7. The van der Waals surface area contributed by atoms with E-state index in [1.54, 1.807) is 38.2 Å². The number of hydrogen-bond acceptors (Lipinski definition) is 8. The van der Waals surface area contributed by atoms with Crippen LogP contribution < -0.4 is 15.4 Å². The minimum atomic E-state index is -3.47. The highest BCUT2D eigenvalue weighted by Crippen LogP contribution is 2.31. The first kappa shape index (κ1) is 30.0. The van der Waals surface area contributed by atoms with Crippen molar-refractivity contribution in [1.29, 1.82) is 0 Å². The van der Waals surface area contributed by atoms with Crippen molar-refractivity contribution < 1.29 is 22.7 Å². The summed E-state index contributed by atoms with van der Waals surface area (Å²) >= 11 is 6.33. The van der Waals surface area contributed by atoms with Crippen LogP contribution in [0.3, 0.4) is 0 Å². The molecule has 0 bridgehead atoms. The molecule has 1 aromatic carbocycles. The molecule has 0 radical (unpaired) electrons. The molecule has 0 spiro atoms. The Morgan fingerprint density at radius 1 is 1.20 bits per heavy atom. The van der Waals surface area contributed by atoms with Gasteiger partial charge in [0.15, 0.2) is 5.82 Å². The third kappa shape index (κ3) is 6.19. The Labute approximate surface area is 242 Å². The maximum Gasteiger partial charge on any atom is 0.274 e. The zero-order chi connectivity index (χ0) is 30.1. The van der Waals surface area contributed by atoms with Gasteiger partial charge in [-0.1, -0.05) is 11.6 Å². The number of pyridine rings is 1. The number of carbonyl (C=O) groups is 2. The molecule has 15 heteroatoms. The van der Waals surface area contributed by atoms with E-state index in [2.05, 4.69) is 25.8 Å². The summed E-state index contributed by atoms with van der Waals surface area (Å²) in [5.74, 6) is -0.740. The lowest BCUT2D eigenvalue weighted by atomic mass is 10.0. The number of aryl methyl sites for hydroxylation is 1. The minimum Gasteiger partial charge on any atom is -0.480 e. The lowest BCUT2D eigenvalue weighted by molar-refractivity contribution is 0.0945. The van der Waals surface area contributed by atoms with Crippen molar-refractivity contribution in [1.82, 2.24) is 34.2 Å². The smallest absolute Gasteiger partial charge is 0.274 e. The summed E-state index contributed by atoms with van der Waals surface area (Å²) in [6.07, 6.45) is 3.17. The van der Waals surface area contributed by atoms with Crippen molar-refractivity contribution in [2.24, 2.45) is 0 Å². The van der Waals surface area contributed by atoms with E-state index < -0.39 is 21.8 Å². The Balaban J connectivity index is 1.82. The van der Waals surface area contributed by atoms with Crippen molar-refractivity contribution >= 4 is 50.0 Å². The largest absolute Gasteiger partial charge is 0.480 e. The van der Waals surface area contributed by atoms with Crippen LogP contribution in [0.15, 0.2) is 36.7 Å². The Morgan fingerprint density at radius 3 is 2.56 bits per heavy atom. The monoisotopic (exact) mass is 602 g/mol. The van der Waals surface area contributed by atoms with Gasteiger partial charge in [-0.05, 0) is 51.5 Å². The zero-order valence-corrected chi connectivity index (χ0v) is 25.0. The van der Waals surface area contributed by atoms with E-state index in [0.717, 1.165) is 0 Å². The normalized spacial score (nSPS) is 11.8. The summed E-state index contributed by atoms with van der Waals surface area (Å²) in [5.41, 5.74) is 1.32. The van der Waals surface area contributed by atoms with E-state index in [1.165, 1.54) is 40.1 Å². The number of fused-ring (bicyclic) bond motifs is 1. The number of nitrogens with zero attached hydrogens (tertiary/aromatic N) is 6. The van der Waals surface area contributed by atoms with E-state index in [-0.39, 0.29) is 52.1 Å². The van der Waals surface area contributed by atoms with Crippen LogP contribution in [-0.2, 0) is 16.7 Å². The number of aromatic nitrogens is 5. The second-order valence-electron chi connectivity index (χ2n) is 9.56. The van der Waals surface area contributed by atoms with E-state index in [9.17, 15) is 18.0 Å². The highest BCUT2D eigenvalue weighted by Gasteiger charge is 2.26. The van der Waals surface area contributed by atoms with Gasteiger partial charge in [-0.2, -0.15) is 9.40 Å². The van der Waals surface area contributed by atoms with Crippen LogP contribution in [0, 0.1) is 6.92 Å². The van der Waals surface area contributed by atoms with Crippen LogP contribution in [0.1, 0.15) is 47.2 Å². The number of sulfonamides is 1. The summed E-state index contributed by atoms with van der Waals surface area (Å²) in [6, 6.07) is 6.26. The molecule has 0 aliphatic heterocycles. The van der Waals surface area contributed by atoms with E-state index in [4.69, 9.17) is 16.3 Å². The number of hydrogen-bond donors (Lipinski definition) is 2. The van der Waals surface area contributed by atoms with Crippen LogP contribution in [0.2, 0.25) is 5.02 Å². The molecule has 0 aliphatic rings. The molecular weight excluding hydrogens is 572 g/mol. The molecule has 0 saturated carbocycles. The van der Waals surface area contributed by atoms with Gasteiger partial charge in [0.05, 0.1) is 29.1 Å². The Kier molecular flexibility index (Phi) is 8.66. The van der Waals surface area contributed by atoms with Gasteiger partial charge in [-0.3, -0.25) is 14.3 Å². The lowest BCUT2D eigenvalue weighted by Gasteiger charge is -2.17. The van der Waals surface area contributed by atoms with Crippen molar-refractivity contribution in [3.05, 3.63) is 58.5 Å². The number of anilines is 1. The third-order valence-electron chi connectivity index (χ3n) is 6.18. The van der Waals surface area contributed by atoms with Gasteiger partial charge in [-0.15, -0.1) is 5.10 Å². The Morgan fingerprint density at radius 2 is 1.93 bits per heavy atom. The van der Waals surface area contributed by atoms with E-state index in [0.29, 0.717) is 16.5 Å². The van der Waals surface area contributed by atoms with Crippen LogP contribution in [0.25, 0.3) is 16.7 Å². The highest BCUT2D eigenvalue weighted by atomic mass is 35.5. The molecule has 4 rings (SSSR count). The van der Waals surface area contributed by atoms with Gasteiger partial charge < -0.3 is 15.4 Å². The first-order valence-electron chi connectivity index (χ1n) is 12.7. The minimum absolute atomic E-state index is 0.0549. The van der Waals surface area contributed by atoms with Gasteiger partial charge in [0.1, 0.15) is 17.9 Å². The molecule has 0 saturated heterocycles. The van der Waals surface area contributed by atoms with Crippen LogP contribution in [-0.4, -0.2) is 75.0 Å². The van der Waals surface area contributed by atoms with Gasteiger partial charge in [-0.25, -0.2) is 18.1 Å². The lowest BCUT2D eigenvalue weighted by Crippen LogP contribution is -2.32. The van der Waals surface area contributed by atoms with Crippen molar-refractivity contribution in [2.45, 2.75) is 40.4 Å². The number of methoxy groups -OCH3 is 1. The molecule has 0 unspecified atom stereocenters. The molecule has 2 N–H and O–H groups in total. The standard InChI is InChI=1S/C26H31ClN8O5S/c1-7-41(38,39)33(5)14-34-13-17-11-16(4)22(21(23(17)32-34)26(37)29-15(2)3)30-25(36)19-12-20(40-6)31-35(19)24-18(27)9-8-10-28-24/h8-13,15H,7,14H2,1-6H3,(H,29,37)(H,30,36). The Bertz CT molecular complexity index is 1730.